The first-order chi connectivity index (χ1) is 7.09. The molecular formula is C9H14ClN3O2S. The summed E-state index contributed by atoms with van der Waals surface area (Å²) in [6.45, 7) is 0.616. The van der Waals surface area contributed by atoms with Crippen molar-refractivity contribution >= 4 is 34.0 Å². The zero-order valence-electron chi connectivity index (χ0n) is 8.83. The van der Waals surface area contributed by atoms with Crippen molar-refractivity contribution in [3.05, 3.63) is 24.3 Å². The number of benzene rings is 1. The van der Waals surface area contributed by atoms with Gasteiger partial charge < -0.3 is 5.73 Å². The predicted molar refractivity (Wildman–Crippen MR) is 67.4 cm³/mol. The average Bonchev–Trinajstić information content (AvgIpc) is 2.41. The van der Waals surface area contributed by atoms with E-state index in [1.165, 1.54) is 8.61 Å². The lowest BCUT2D eigenvalue weighted by Gasteiger charge is -2.17. The lowest BCUT2D eigenvalue weighted by atomic mass is 10.2. The van der Waals surface area contributed by atoms with E-state index >= 15 is 0 Å². The second kappa shape index (κ2) is 4.48. The molecule has 2 rings (SSSR count). The van der Waals surface area contributed by atoms with Gasteiger partial charge in [-0.1, -0.05) is 12.1 Å². The molecule has 1 aliphatic heterocycles. The van der Waals surface area contributed by atoms with Crippen molar-refractivity contribution in [3.63, 3.8) is 0 Å². The van der Waals surface area contributed by atoms with Gasteiger partial charge in [0, 0.05) is 20.1 Å². The van der Waals surface area contributed by atoms with Crippen LogP contribution in [0.15, 0.2) is 24.3 Å². The Bertz CT molecular complexity index is 477. The first-order valence-electron chi connectivity index (χ1n) is 4.64. The Morgan fingerprint density at radius 2 is 1.81 bits per heavy atom. The van der Waals surface area contributed by atoms with Crippen LogP contribution >= 0.6 is 12.4 Å². The largest absolute Gasteiger partial charge is 0.329 e. The molecule has 0 atom stereocenters. The van der Waals surface area contributed by atoms with Crippen LogP contribution in [0.4, 0.5) is 11.4 Å². The molecule has 5 nitrogen and oxygen atoms in total. The van der Waals surface area contributed by atoms with Gasteiger partial charge in [-0.05, 0) is 12.1 Å². The van der Waals surface area contributed by atoms with Gasteiger partial charge in [0.1, 0.15) is 0 Å². The molecule has 0 radical (unpaired) electrons. The average molecular weight is 264 g/mol. The Balaban J connectivity index is 0.00000128. The fourth-order valence-corrected chi connectivity index (χ4v) is 3.13. The number of para-hydroxylation sites is 2. The molecule has 90 valence electrons. The van der Waals surface area contributed by atoms with E-state index in [1.807, 2.05) is 12.1 Å². The van der Waals surface area contributed by atoms with E-state index in [1.54, 1.807) is 19.2 Å². The predicted octanol–water partition coefficient (Wildman–Crippen LogP) is 0.568. The third-order valence-electron chi connectivity index (χ3n) is 2.45. The SMILES string of the molecule is CN1c2ccccc2N(CCN)S1(=O)=O.Cl. The minimum absolute atomic E-state index is 0. The third kappa shape index (κ3) is 1.73. The number of rotatable bonds is 2. The molecule has 2 N–H and O–H groups in total. The highest BCUT2D eigenvalue weighted by molar-refractivity contribution is 7.94. The van der Waals surface area contributed by atoms with Crippen molar-refractivity contribution in [2.45, 2.75) is 0 Å². The quantitative estimate of drug-likeness (QED) is 0.848. The summed E-state index contributed by atoms with van der Waals surface area (Å²) in [5.74, 6) is 0. The molecule has 0 bridgehead atoms. The van der Waals surface area contributed by atoms with E-state index in [9.17, 15) is 8.42 Å². The Labute approximate surface area is 101 Å². The fraction of sp³-hybridized carbons (Fsp3) is 0.333. The molecule has 0 saturated carbocycles. The summed E-state index contributed by atoms with van der Waals surface area (Å²) in [6, 6.07) is 7.20. The first kappa shape index (κ1) is 13.1. The van der Waals surface area contributed by atoms with Gasteiger partial charge in [-0.2, -0.15) is 8.42 Å². The van der Waals surface area contributed by atoms with E-state index in [0.717, 1.165) is 0 Å². The minimum Gasteiger partial charge on any atom is -0.329 e. The van der Waals surface area contributed by atoms with Crippen LogP contribution < -0.4 is 14.3 Å². The number of hydrogen-bond donors (Lipinski definition) is 1. The molecule has 0 unspecified atom stereocenters. The Kier molecular flexibility index (Phi) is 3.67. The maximum absolute atomic E-state index is 11.9. The van der Waals surface area contributed by atoms with E-state index in [-0.39, 0.29) is 12.4 Å². The van der Waals surface area contributed by atoms with Crippen LogP contribution in [0.2, 0.25) is 0 Å². The van der Waals surface area contributed by atoms with E-state index < -0.39 is 10.2 Å². The van der Waals surface area contributed by atoms with Gasteiger partial charge in [0.05, 0.1) is 11.4 Å². The van der Waals surface area contributed by atoms with Crippen molar-refractivity contribution in [2.75, 3.05) is 28.7 Å². The molecule has 0 aliphatic carbocycles. The number of hydrogen-bond acceptors (Lipinski definition) is 3. The van der Waals surface area contributed by atoms with Gasteiger partial charge in [-0.3, -0.25) is 4.31 Å². The van der Waals surface area contributed by atoms with Gasteiger partial charge in [0.2, 0.25) is 0 Å². The summed E-state index contributed by atoms with van der Waals surface area (Å²) in [7, 11) is -1.85. The van der Waals surface area contributed by atoms with Crippen molar-refractivity contribution in [3.8, 4) is 0 Å². The van der Waals surface area contributed by atoms with E-state index in [2.05, 4.69) is 0 Å². The summed E-state index contributed by atoms with van der Waals surface area (Å²) in [4.78, 5) is 0. The molecule has 0 amide bonds. The van der Waals surface area contributed by atoms with Gasteiger partial charge in [-0.15, -0.1) is 12.4 Å². The maximum atomic E-state index is 11.9. The van der Waals surface area contributed by atoms with Crippen molar-refractivity contribution in [2.24, 2.45) is 5.73 Å². The molecule has 1 heterocycles. The highest BCUT2D eigenvalue weighted by Gasteiger charge is 2.36. The Morgan fingerprint density at radius 1 is 1.25 bits per heavy atom. The van der Waals surface area contributed by atoms with Gasteiger partial charge >= 0.3 is 10.2 Å². The minimum atomic E-state index is -3.40. The number of halogens is 1. The molecule has 0 aromatic heterocycles. The summed E-state index contributed by atoms with van der Waals surface area (Å²) in [6.07, 6.45) is 0. The van der Waals surface area contributed by atoms with Crippen molar-refractivity contribution in [1.29, 1.82) is 0 Å². The monoisotopic (exact) mass is 263 g/mol. The molecule has 0 saturated heterocycles. The number of fused-ring (bicyclic) bond motifs is 1. The van der Waals surface area contributed by atoms with Crippen LogP contribution in [0.5, 0.6) is 0 Å². The molecule has 1 aromatic rings. The summed E-state index contributed by atoms with van der Waals surface area (Å²) < 4.78 is 26.5. The lowest BCUT2D eigenvalue weighted by molar-refractivity contribution is 0.592. The molecule has 1 aliphatic rings. The Morgan fingerprint density at radius 3 is 2.38 bits per heavy atom. The summed E-state index contributed by atoms with van der Waals surface area (Å²) in [5, 5.41) is 0. The fourth-order valence-electron chi connectivity index (χ4n) is 1.69. The smallest absolute Gasteiger partial charge is 0.326 e. The van der Waals surface area contributed by atoms with Crippen LogP contribution in [0.3, 0.4) is 0 Å². The topological polar surface area (TPSA) is 66.6 Å². The zero-order valence-corrected chi connectivity index (χ0v) is 10.5. The molecule has 0 fully saturated rings. The van der Waals surface area contributed by atoms with Crippen molar-refractivity contribution in [1.82, 2.24) is 0 Å². The highest BCUT2D eigenvalue weighted by Crippen LogP contribution is 2.38. The van der Waals surface area contributed by atoms with Crippen LogP contribution in [-0.4, -0.2) is 28.6 Å². The summed E-state index contributed by atoms with van der Waals surface area (Å²) in [5.41, 5.74) is 6.81. The van der Waals surface area contributed by atoms with E-state index in [4.69, 9.17) is 5.73 Å². The lowest BCUT2D eigenvalue weighted by Crippen LogP contribution is -2.38. The molecule has 16 heavy (non-hydrogen) atoms. The normalized spacial score (nSPS) is 16.9. The van der Waals surface area contributed by atoms with Crippen molar-refractivity contribution < 1.29 is 8.42 Å². The number of anilines is 2. The van der Waals surface area contributed by atoms with Crippen LogP contribution in [0.1, 0.15) is 0 Å². The highest BCUT2D eigenvalue weighted by atomic mass is 35.5. The van der Waals surface area contributed by atoms with Gasteiger partial charge in [-0.25, -0.2) is 4.31 Å². The molecule has 7 heteroatoms. The molecular weight excluding hydrogens is 250 g/mol. The van der Waals surface area contributed by atoms with Gasteiger partial charge in [0.25, 0.3) is 0 Å². The zero-order chi connectivity index (χ0) is 11.1. The summed E-state index contributed by atoms with van der Waals surface area (Å²) >= 11 is 0. The molecule has 0 spiro atoms. The van der Waals surface area contributed by atoms with Crippen LogP contribution in [0, 0.1) is 0 Å². The van der Waals surface area contributed by atoms with E-state index in [0.29, 0.717) is 24.5 Å². The number of nitrogens with zero attached hydrogens (tertiary/aromatic N) is 2. The van der Waals surface area contributed by atoms with Crippen LogP contribution in [0.25, 0.3) is 0 Å². The third-order valence-corrected chi connectivity index (χ3v) is 4.27. The van der Waals surface area contributed by atoms with Crippen LogP contribution in [-0.2, 0) is 10.2 Å². The maximum Gasteiger partial charge on any atom is 0.326 e. The number of nitrogens with two attached hydrogens (primary N) is 1. The first-order valence-corrected chi connectivity index (χ1v) is 6.04. The second-order valence-electron chi connectivity index (χ2n) is 3.32. The Hall–Kier alpha value is -0.980. The van der Waals surface area contributed by atoms with Gasteiger partial charge in [0.15, 0.2) is 0 Å². The second-order valence-corrected chi connectivity index (χ2v) is 5.21. The molecule has 1 aromatic carbocycles. The standard InChI is InChI=1S/C9H13N3O2S.ClH/c1-11-8-4-2-3-5-9(8)12(7-6-10)15(11,13)14;/h2-5H,6-7,10H2,1H3;1H.